The van der Waals surface area contributed by atoms with E-state index in [1.165, 1.54) is 23.7 Å². The Hall–Kier alpha value is -4.46. The first-order chi connectivity index (χ1) is 18.6. The molecule has 0 saturated carbocycles. The number of benzene rings is 3. The highest BCUT2D eigenvalue weighted by Gasteiger charge is 2.31. The van der Waals surface area contributed by atoms with Crippen LogP contribution in [-0.2, 0) is 16.1 Å². The van der Waals surface area contributed by atoms with Gasteiger partial charge in [0.1, 0.15) is 11.8 Å². The minimum absolute atomic E-state index is 0.00581. The fourth-order valence-electron chi connectivity index (χ4n) is 3.50. The molecule has 0 unspecified atom stereocenters. The number of para-hydroxylation sites is 1. The van der Waals surface area contributed by atoms with Gasteiger partial charge in [0, 0.05) is 29.9 Å². The average Bonchev–Trinajstić information content (AvgIpc) is 2.92. The number of amides is 3. The van der Waals surface area contributed by atoms with Gasteiger partial charge >= 0.3 is 6.36 Å². The van der Waals surface area contributed by atoms with Crippen molar-refractivity contribution in [2.75, 3.05) is 18.4 Å². The number of carbonyl (C=O) groups excluding carboxylic acids is 3. The molecule has 206 valence electrons. The molecule has 0 aromatic heterocycles. The molecule has 0 radical (unpaired) electrons. The first kappa shape index (κ1) is 29.1. The zero-order chi connectivity index (χ0) is 28.4. The average molecular weight is 546 g/mol. The molecule has 0 heterocycles. The third-order valence-corrected chi connectivity index (χ3v) is 5.42. The summed E-state index contributed by atoms with van der Waals surface area (Å²) >= 11 is 0. The van der Waals surface area contributed by atoms with Gasteiger partial charge in [-0.15, -0.1) is 13.2 Å². The van der Waals surface area contributed by atoms with E-state index in [4.69, 9.17) is 10.9 Å². The van der Waals surface area contributed by atoms with Gasteiger partial charge in [-0.2, -0.15) is 0 Å². The summed E-state index contributed by atoms with van der Waals surface area (Å²) in [6.45, 7) is -0.342. The van der Waals surface area contributed by atoms with Gasteiger partial charge in [-0.25, -0.2) is 5.48 Å². The first-order valence-electron chi connectivity index (χ1n) is 11.6. The highest BCUT2D eigenvalue weighted by molar-refractivity contribution is 5.98. The number of halogens is 3. The van der Waals surface area contributed by atoms with Crippen LogP contribution in [0, 0.1) is 0 Å². The van der Waals surface area contributed by atoms with Gasteiger partial charge in [0.2, 0.25) is 5.91 Å². The molecule has 1 atom stereocenters. The molecule has 0 aliphatic rings. The fourth-order valence-corrected chi connectivity index (χ4v) is 3.50. The molecule has 0 fully saturated rings. The van der Waals surface area contributed by atoms with Gasteiger partial charge in [0.05, 0.1) is 6.54 Å². The summed E-state index contributed by atoms with van der Waals surface area (Å²) in [4.78, 5) is 36.1. The lowest BCUT2D eigenvalue weighted by Crippen LogP contribution is -2.50. The molecular formula is C26H26F3N5O5. The molecule has 10 nitrogen and oxygen atoms in total. The molecule has 3 aromatic carbocycles. The number of nitrogens with one attached hydrogen (secondary N) is 4. The molecule has 13 heteroatoms. The standard InChI is InChI=1S/C26H26F3N5O5/c27-26(28,29)39-22-4-2-1-3-19(22)14-31-15-23(35)32-20-11-9-17(10-12-20)16-5-7-18(8-6-16)24(36)33-21(13-30)25(37)34-38/h1-12,21,31,38H,13-15,30H2,(H,32,35)(H,33,36)(H,34,37)/t21-/m0/s1. The molecule has 3 amide bonds. The summed E-state index contributed by atoms with van der Waals surface area (Å²) in [6.07, 6.45) is -4.81. The Morgan fingerprint density at radius 1 is 0.923 bits per heavy atom. The summed E-state index contributed by atoms with van der Waals surface area (Å²) in [6, 6.07) is 18.0. The summed E-state index contributed by atoms with van der Waals surface area (Å²) in [5.41, 5.74) is 9.52. The molecule has 0 saturated heterocycles. The van der Waals surface area contributed by atoms with Crippen molar-refractivity contribution < 1.29 is 37.5 Å². The van der Waals surface area contributed by atoms with Crippen molar-refractivity contribution in [1.82, 2.24) is 16.1 Å². The lowest BCUT2D eigenvalue weighted by atomic mass is 10.0. The van der Waals surface area contributed by atoms with Crippen molar-refractivity contribution in [1.29, 1.82) is 0 Å². The second-order valence-electron chi connectivity index (χ2n) is 8.20. The van der Waals surface area contributed by atoms with Gasteiger partial charge in [-0.3, -0.25) is 19.6 Å². The number of hydrogen-bond acceptors (Lipinski definition) is 7. The van der Waals surface area contributed by atoms with Crippen LogP contribution in [-0.4, -0.2) is 48.4 Å². The van der Waals surface area contributed by atoms with E-state index in [1.54, 1.807) is 54.6 Å². The fraction of sp³-hybridized carbons (Fsp3) is 0.192. The Balaban J connectivity index is 1.52. The number of ether oxygens (including phenoxy) is 1. The van der Waals surface area contributed by atoms with Crippen LogP contribution in [0.4, 0.5) is 18.9 Å². The number of carbonyl (C=O) groups is 3. The first-order valence-corrected chi connectivity index (χ1v) is 11.6. The largest absolute Gasteiger partial charge is 0.573 e. The summed E-state index contributed by atoms with van der Waals surface area (Å²) in [5.74, 6) is -2.09. The van der Waals surface area contributed by atoms with E-state index in [0.29, 0.717) is 5.69 Å². The number of rotatable bonds is 11. The van der Waals surface area contributed by atoms with E-state index in [0.717, 1.165) is 11.1 Å². The molecule has 0 aliphatic heterocycles. The van der Waals surface area contributed by atoms with E-state index >= 15 is 0 Å². The third-order valence-electron chi connectivity index (χ3n) is 5.42. The predicted molar refractivity (Wildman–Crippen MR) is 136 cm³/mol. The van der Waals surface area contributed by atoms with Gasteiger partial charge in [-0.1, -0.05) is 42.5 Å². The highest BCUT2D eigenvalue weighted by Crippen LogP contribution is 2.26. The molecule has 3 rings (SSSR count). The minimum atomic E-state index is -4.81. The maximum absolute atomic E-state index is 12.5. The van der Waals surface area contributed by atoms with Gasteiger partial charge in [-0.05, 0) is 41.5 Å². The molecule has 3 aromatic rings. The number of nitrogens with two attached hydrogens (primary N) is 1. The molecule has 7 N–H and O–H groups in total. The number of hydroxylamine groups is 1. The normalized spacial score (nSPS) is 11.8. The number of anilines is 1. The Morgan fingerprint density at radius 3 is 2.13 bits per heavy atom. The van der Waals surface area contributed by atoms with Crippen LogP contribution in [0.15, 0.2) is 72.8 Å². The predicted octanol–water partition coefficient (Wildman–Crippen LogP) is 2.54. The molecule has 0 spiro atoms. The van der Waals surface area contributed by atoms with Crippen molar-refractivity contribution in [3.05, 3.63) is 83.9 Å². The van der Waals surface area contributed by atoms with Crippen LogP contribution in [0.25, 0.3) is 11.1 Å². The van der Waals surface area contributed by atoms with Crippen molar-refractivity contribution in [2.45, 2.75) is 18.9 Å². The monoisotopic (exact) mass is 545 g/mol. The Morgan fingerprint density at radius 2 is 1.54 bits per heavy atom. The molecular weight excluding hydrogens is 519 g/mol. The SMILES string of the molecule is NC[C@H](NC(=O)c1ccc(-c2ccc(NC(=O)CNCc3ccccc3OC(F)(F)F)cc2)cc1)C(=O)NO. The van der Waals surface area contributed by atoms with E-state index < -0.39 is 30.1 Å². The lowest BCUT2D eigenvalue weighted by Gasteiger charge is -2.14. The number of alkyl halides is 3. The second-order valence-corrected chi connectivity index (χ2v) is 8.20. The van der Waals surface area contributed by atoms with E-state index in [9.17, 15) is 27.6 Å². The van der Waals surface area contributed by atoms with Gasteiger partial charge < -0.3 is 26.4 Å². The summed E-state index contributed by atoms with van der Waals surface area (Å²) in [7, 11) is 0. The topological polar surface area (TPSA) is 155 Å². The van der Waals surface area contributed by atoms with E-state index in [-0.39, 0.29) is 36.5 Å². The van der Waals surface area contributed by atoms with Crippen LogP contribution >= 0.6 is 0 Å². The zero-order valence-electron chi connectivity index (χ0n) is 20.4. The van der Waals surface area contributed by atoms with Crippen LogP contribution in [0.1, 0.15) is 15.9 Å². The van der Waals surface area contributed by atoms with Gasteiger partial charge in [0.25, 0.3) is 11.8 Å². The maximum Gasteiger partial charge on any atom is 0.573 e. The second kappa shape index (κ2) is 13.4. The Labute approximate surface area is 221 Å². The maximum atomic E-state index is 12.5. The zero-order valence-corrected chi connectivity index (χ0v) is 20.4. The van der Waals surface area contributed by atoms with Crippen molar-refractivity contribution >= 4 is 23.4 Å². The van der Waals surface area contributed by atoms with Crippen molar-refractivity contribution in [3.63, 3.8) is 0 Å². The van der Waals surface area contributed by atoms with Crippen molar-refractivity contribution in [2.24, 2.45) is 5.73 Å². The Bertz CT molecular complexity index is 1280. The van der Waals surface area contributed by atoms with Crippen LogP contribution < -0.4 is 31.9 Å². The summed E-state index contributed by atoms with van der Waals surface area (Å²) < 4.78 is 41.6. The quantitative estimate of drug-likeness (QED) is 0.160. The highest BCUT2D eigenvalue weighted by atomic mass is 19.4. The van der Waals surface area contributed by atoms with E-state index in [1.807, 2.05) is 0 Å². The smallest absolute Gasteiger partial charge is 0.405 e. The Kier molecular flexibility index (Phi) is 9.98. The van der Waals surface area contributed by atoms with Crippen LogP contribution in [0.2, 0.25) is 0 Å². The molecule has 0 aliphatic carbocycles. The van der Waals surface area contributed by atoms with Crippen LogP contribution in [0.3, 0.4) is 0 Å². The molecule has 0 bridgehead atoms. The minimum Gasteiger partial charge on any atom is -0.405 e. The van der Waals surface area contributed by atoms with Crippen molar-refractivity contribution in [3.8, 4) is 16.9 Å². The lowest BCUT2D eigenvalue weighted by molar-refractivity contribution is -0.274. The van der Waals surface area contributed by atoms with Crippen LogP contribution in [0.5, 0.6) is 5.75 Å². The van der Waals surface area contributed by atoms with Gasteiger partial charge in [0.15, 0.2) is 0 Å². The third kappa shape index (κ3) is 8.81. The van der Waals surface area contributed by atoms with E-state index in [2.05, 4.69) is 20.7 Å². The number of hydrogen-bond donors (Lipinski definition) is 6. The summed E-state index contributed by atoms with van der Waals surface area (Å²) in [5, 5.41) is 16.6. The molecule has 39 heavy (non-hydrogen) atoms.